The lowest BCUT2D eigenvalue weighted by atomic mass is 9.97. The first-order valence-electron chi connectivity index (χ1n) is 5.31. The van der Waals surface area contributed by atoms with Gasteiger partial charge < -0.3 is 15.3 Å². The number of hydrogen-bond donors (Lipinski definition) is 3. The van der Waals surface area contributed by atoms with Gasteiger partial charge in [0, 0.05) is 5.56 Å². The summed E-state index contributed by atoms with van der Waals surface area (Å²) < 4.78 is 27.0. The zero-order valence-corrected chi connectivity index (χ0v) is 9.66. The Morgan fingerprint density at radius 2 is 1.68 bits per heavy atom. The third kappa shape index (κ3) is 3.19. The molecule has 0 aliphatic rings. The van der Waals surface area contributed by atoms with Crippen molar-refractivity contribution in [3.05, 3.63) is 35.9 Å². The van der Waals surface area contributed by atoms with E-state index in [9.17, 15) is 18.4 Å². The summed E-state index contributed by atoms with van der Waals surface area (Å²) >= 11 is 0. The maximum Gasteiger partial charge on any atom is 0.340 e. The summed E-state index contributed by atoms with van der Waals surface area (Å²) in [5.41, 5.74) is -0.252. The number of ketones is 2. The van der Waals surface area contributed by atoms with Crippen LogP contribution in [0.2, 0.25) is 0 Å². The minimum atomic E-state index is -4.48. The molecular formula is C12H12F2O5. The Labute approximate surface area is 107 Å². The lowest BCUT2D eigenvalue weighted by Crippen LogP contribution is -2.51. The molecule has 0 heterocycles. The molecule has 5 nitrogen and oxygen atoms in total. The molecule has 0 radical (unpaired) electrons. The fourth-order valence-electron chi connectivity index (χ4n) is 1.35. The second kappa shape index (κ2) is 5.96. The number of rotatable bonds is 6. The number of Topliss-reactive ketones (excluding diaryl/α,β-unsaturated/α-hetero) is 2. The average Bonchev–Trinajstić information content (AvgIpc) is 2.44. The normalized spacial score (nSPS) is 14.8. The Morgan fingerprint density at radius 1 is 1.16 bits per heavy atom. The van der Waals surface area contributed by atoms with Crippen molar-refractivity contribution in [3.63, 3.8) is 0 Å². The molecule has 2 atom stereocenters. The zero-order valence-electron chi connectivity index (χ0n) is 9.66. The van der Waals surface area contributed by atoms with Gasteiger partial charge in [-0.15, -0.1) is 0 Å². The molecule has 0 aliphatic carbocycles. The van der Waals surface area contributed by atoms with Crippen LogP contribution in [0.25, 0.3) is 0 Å². The van der Waals surface area contributed by atoms with Crippen LogP contribution in [-0.4, -0.2) is 51.6 Å². The smallest absolute Gasteiger partial charge is 0.340 e. The second-order valence-electron chi connectivity index (χ2n) is 3.84. The quantitative estimate of drug-likeness (QED) is 0.493. The van der Waals surface area contributed by atoms with Crippen LogP contribution in [0.4, 0.5) is 8.78 Å². The Morgan fingerprint density at radius 3 is 2.16 bits per heavy atom. The Hall–Kier alpha value is -1.70. The molecule has 0 bridgehead atoms. The van der Waals surface area contributed by atoms with Crippen LogP contribution in [-0.2, 0) is 4.79 Å². The van der Waals surface area contributed by atoms with Gasteiger partial charge in [-0.1, -0.05) is 30.3 Å². The van der Waals surface area contributed by atoms with Crippen molar-refractivity contribution < 1.29 is 33.7 Å². The van der Waals surface area contributed by atoms with Gasteiger partial charge in [-0.05, 0) is 0 Å². The third-order valence-corrected chi connectivity index (χ3v) is 2.47. The molecule has 0 aliphatic heterocycles. The minimum absolute atomic E-state index is 0.252. The number of hydrogen-bond acceptors (Lipinski definition) is 5. The molecule has 7 heteroatoms. The molecule has 104 valence electrons. The van der Waals surface area contributed by atoms with Crippen molar-refractivity contribution in [2.45, 2.75) is 18.1 Å². The maximum absolute atomic E-state index is 13.5. The molecular weight excluding hydrogens is 262 g/mol. The van der Waals surface area contributed by atoms with Gasteiger partial charge >= 0.3 is 5.92 Å². The number of aliphatic hydroxyl groups is 3. The largest absolute Gasteiger partial charge is 0.394 e. The molecule has 0 unspecified atom stereocenters. The van der Waals surface area contributed by atoms with Gasteiger partial charge in [0.2, 0.25) is 5.78 Å². The summed E-state index contributed by atoms with van der Waals surface area (Å²) in [5.74, 6) is -8.09. The van der Waals surface area contributed by atoms with Crippen molar-refractivity contribution in [1.82, 2.24) is 0 Å². The van der Waals surface area contributed by atoms with Crippen LogP contribution < -0.4 is 0 Å². The predicted octanol–water partition coefficient (Wildman–Crippen LogP) is -0.212. The highest BCUT2D eigenvalue weighted by Gasteiger charge is 2.52. The Kier molecular flexibility index (Phi) is 4.82. The standard InChI is InChI=1S/C12H12F2O5/c13-12(14,10(18)8(16)6-15)11(19)9(17)7-4-2-1-3-5-7/h1-5,8,10,15-16,18H,6H2/t8-,10-/m1/s1. The number of halogens is 2. The molecule has 3 N–H and O–H groups in total. The van der Waals surface area contributed by atoms with Crippen LogP contribution in [0.5, 0.6) is 0 Å². The SMILES string of the molecule is O=C(C(=O)C(F)(F)[C@H](O)[C@H](O)CO)c1ccccc1. The van der Waals surface area contributed by atoms with E-state index in [4.69, 9.17) is 15.3 Å². The molecule has 1 aromatic carbocycles. The summed E-state index contributed by atoms with van der Waals surface area (Å²) in [7, 11) is 0. The summed E-state index contributed by atoms with van der Waals surface area (Å²) in [4.78, 5) is 22.9. The number of benzene rings is 1. The Bertz CT molecular complexity index is 460. The van der Waals surface area contributed by atoms with Crippen molar-refractivity contribution in [2.75, 3.05) is 6.61 Å². The second-order valence-corrected chi connectivity index (χ2v) is 3.84. The van der Waals surface area contributed by atoms with E-state index in [-0.39, 0.29) is 5.56 Å². The molecule has 1 aromatic rings. The maximum atomic E-state index is 13.5. The zero-order chi connectivity index (χ0) is 14.6. The number of carbonyl (C=O) groups excluding carboxylic acids is 2. The highest BCUT2D eigenvalue weighted by atomic mass is 19.3. The molecule has 0 amide bonds. The van der Waals surface area contributed by atoms with Crippen molar-refractivity contribution in [3.8, 4) is 0 Å². The fraction of sp³-hybridized carbons (Fsp3) is 0.333. The lowest BCUT2D eigenvalue weighted by molar-refractivity contribution is -0.173. The molecule has 0 aromatic heterocycles. The van der Waals surface area contributed by atoms with Crippen LogP contribution >= 0.6 is 0 Å². The summed E-state index contributed by atoms with van der Waals surface area (Å²) in [6.07, 6.45) is -5.07. The van der Waals surface area contributed by atoms with E-state index in [1.54, 1.807) is 0 Å². The average molecular weight is 274 g/mol. The summed E-state index contributed by atoms with van der Waals surface area (Å²) in [5, 5.41) is 26.5. The molecule has 1 rings (SSSR count). The molecule has 0 saturated carbocycles. The van der Waals surface area contributed by atoms with E-state index >= 15 is 0 Å². The van der Waals surface area contributed by atoms with Gasteiger partial charge in [0.05, 0.1) is 6.61 Å². The van der Waals surface area contributed by atoms with Gasteiger partial charge in [-0.2, -0.15) is 8.78 Å². The van der Waals surface area contributed by atoms with E-state index in [2.05, 4.69) is 0 Å². The van der Waals surface area contributed by atoms with Crippen molar-refractivity contribution >= 4 is 11.6 Å². The lowest BCUT2D eigenvalue weighted by Gasteiger charge is -2.23. The number of aliphatic hydroxyl groups excluding tert-OH is 3. The number of alkyl halides is 2. The van der Waals surface area contributed by atoms with Gasteiger partial charge in [0.25, 0.3) is 5.78 Å². The third-order valence-electron chi connectivity index (χ3n) is 2.47. The van der Waals surface area contributed by atoms with Crippen LogP contribution in [0, 0.1) is 0 Å². The van der Waals surface area contributed by atoms with Crippen LogP contribution in [0.1, 0.15) is 10.4 Å². The first-order valence-corrected chi connectivity index (χ1v) is 5.31. The van der Waals surface area contributed by atoms with E-state index in [0.717, 1.165) is 0 Å². The van der Waals surface area contributed by atoms with Crippen LogP contribution in [0.3, 0.4) is 0 Å². The highest BCUT2D eigenvalue weighted by molar-refractivity contribution is 6.46. The van der Waals surface area contributed by atoms with Gasteiger partial charge in [0.1, 0.15) is 6.10 Å². The van der Waals surface area contributed by atoms with Crippen molar-refractivity contribution in [1.29, 1.82) is 0 Å². The van der Waals surface area contributed by atoms with E-state index in [1.165, 1.54) is 30.3 Å². The van der Waals surface area contributed by atoms with E-state index in [1.807, 2.05) is 0 Å². The molecule has 0 saturated heterocycles. The molecule has 0 spiro atoms. The molecule has 0 fully saturated rings. The Balaban J connectivity index is 2.96. The van der Waals surface area contributed by atoms with Gasteiger partial charge in [-0.25, -0.2) is 0 Å². The fourth-order valence-corrected chi connectivity index (χ4v) is 1.35. The van der Waals surface area contributed by atoms with E-state index < -0.39 is 36.3 Å². The first kappa shape index (κ1) is 15.4. The monoisotopic (exact) mass is 274 g/mol. The highest BCUT2D eigenvalue weighted by Crippen LogP contribution is 2.24. The van der Waals surface area contributed by atoms with Gasteiger partial charge in [-0.3, -0.25) is 9.59 Å². The summed E-state index contributed by atoms with van der Waals surface area (Å²) in [6, 6.07) is 6.65. The first-order chi connectivity index (χ1) is 8.82. The topological polar surface area (TPSA) is 94.8 Å². The van der Waals surface area contributed by atoms with Gasteiger partial charge in [0.15, 0.2) is 6.10 Å². The number of carbonyl (C=O) groups is 2. The van der Waals surface area contributed by atoms with E-state index in [0.29, 0.717) is 0 Å². The minimum Gasteiger partial charge on any atom is -0.394 e. The summed E-state index contributed by atoms with van der Waals surface area (Å²) in [6.45, 7) is -1.16. The van der Waals surface area contributed by atoms with Crippen LogP contribution in [0.15, 0.2) is 30.3 Å². The predicted molar refractivity (Wildman–Crippen MR) is 59.8 cm³/mol. The van der Waals surface area contributed by atoms with Crippen molar-refractivity contribution in [2.24, 2.45) is 0 Å². The molecule has 19 heavy (non-hydrogen) atoms.